The normalized spacial score (nSPS) is 11.1. The maximum Gasteiger partial charge on any atom is 0.231 e. The number of hydrogen-bond acceptors (Lipinski definition) is 5. The first-order valence-electron chi connectivity index (χ1n) is 7.95. The number of fused-ring (bicyclic) bond motifs is 1. The summed E-state index contributed by atoms with van der Waals surface area (Å²) in [6, 6.07) is 17.6. The highest BCUT2D eigenvalue weighted by atomic mass is 16.5. The van der Waals surface area contributed by atoms with Gasteiger partial charge in [-0.25, -0.2) is 9.97 Å². The smallest absolute Gasteiger partial charge is 0.231 e. The molecule has 0 fully saturated rings. The van der Waals surface area contributed by atoms with Crippen LogP contribution >= 0.6 is 0 Å². The molecule has 4 aromatic rings. The standard InChI is InChI=1S/C20H17N3O2/c1-24-12-13-6-2-3-7-15(13)14-10-16(19(21)22-11-14)20-23-17-8-4-5-9-18(17)25-20/h2-11H,12H2,1H3,(H2,21,22). The number of pyridine rings is 1. The summed E-state index contributed by atoms with van der Waals surface area (Å²) in [5, 5.41) is 0. The van der Waals surface area contributed by atoms with Crippen molar-refractivity contribution < 1.29 is 9.15 Å². The van der Waals surface area contributed by atoms with E-state index in [1.54, 1.807) is 13.3 Å². The van der Waals surface area contributed by atoms with Crippen LogP contribution in [0, 0.1) is 0 Å². The second kappa shape index (κ2) is 6.37. The van der Waals surface area contributed by atoms with Crippen LogP contribution in [0.25, 0.3) is 33.7 Å². The Morgan fingerprint density at radius 1 is 1.04 bits per heavy atom. The molecule has 0 saturated heterocycles. The molecule has 0 aliphatic rings. The highest BCUT2D eigenvalue weighted by molar-refractivity contribution is 5.81. The van der Waals surface area contributed by atoms with Crippen molar-refractivity contribution >= 4 is 16.9 Å². The number of nitrogens with zero attached hydrogens (tertiary/aromatic N) is 2. The second-order valence-electron chi connectivity index (χ2n) is 5.73. The summed E-state index contributed by atoms with van der Waals surface area (Å²) in [7, 11) is 1.68. The molecule has 0 saturated carbocycles. The van der Waals surface area contributed by atoms with Crippen molar-refractivity contribution in [1.29, 1.82) is 0 Å². The van der Waals surface area contributed by atoms with Crippen LogP contribution in [0.15, 0.2) is 65.2 Å². The van der Waals surface area contributed by atoms with Gasteiger partial charge in [-0.1, -0.05) is 36.4 Å². The Bertz CT molecular complexity index is 1010. The van der Waals surface area contributed by atoms with E-state index in [0.29, 0.717) is 23.9 Å². The van der Waals surface area contributed by atoms with Crippen LogP contribution in [0.5, 0.6) is 0 Å². The van der Waals surface area contributed by atoms with Crippen LogP contribution < -0.4 is 5.73 Å². The van der Waals surface area contributed by atoms with Crippen LogP contribution in [0.4, 0.5) is 5.82 Å². The lowest BCUT2D eigenvalue weighted by Crippen LogP contribution is -1.97. The fourth-order valence-electron chi connectivity index (χ4n) is 2.86. The Kier molecular flexibility index (Phi) is 3.91. The third-order valence-electron chi connectivity index (χ3n) is 4.07. The van der Waals surface area contributed by atoms with Gasteiger partial charge in [-0.05, 0) is 29.3 Å². The first-order valence-corrected chi connectivity index (χ1v) is 7.95. The van der Waals surface area contributed by atoms with Crippen molar-refractivity contribution in [1.82, 2.24) is 9.97 Å². The van der Waals surface area contributed by atoms with Gasteiger partial charge in [-0.2, -0.15) is 0 Å². The number of hydrogen-bond donors (Lipinski definition) is 1. The quantitative estimate of drug-likeness (QED) is 0.604. The van der Waals surface area contributed by atoms with Gasteiger partial charge in [-0.3, -0.25) is 0 Å². The summed E-state index contributed by atoms with van der Waals surface area (Å²) in [6.45, 7) is 0.527. The molecule has 0 radical (unpaired) electrons. The lowest BCUT2D eigenvalue weighted by Gasteiger charge is -2.10. The molecule has 2 aromatic heterocycles. The van der Waals surface area contributed by atoms with Crippen LogP contribution in [-0.4, -0.2) is 17.1 Å². The van der Waals surface area contributed by atoms with Crippen molar-refractivity contribution in [2.24, 2.45) is 0 Å². The molecular weight excluding hydrogens is 314 g/mol. The minimum Gasteiger partial charge on any atom is -0.436 e. The molecule has 2 N–H and O–H groups in total. The van der Waals surface area contributed by atoms with Gasteiger partial charge >= 0.3 is 0 Å². The maximum atomic E-state index is 6.08. The molecule has 0 aliphatic carbocycles. The summed E-state index contributed by atoms with van der Waals surface area (Å²) < 4.78 is 11.1. The van der Waals surface area contributed by atoms with Gasteiger partial charge in [0.2, 0.25) is 5.89 Å². The minimum atomic E-state index is 0.388. The lowest BCUT2D eigenvalue weighted by molar-refractivity contribution is 0.185. The Balaban J connectivity index is 1.84. The zero-order chi connectivity index (χ0) is 17.2. The maximum absolute atomic E-state index is 6.08. The minimum absolute atomic E-state index is 0.388. The van der Waals surface area contributed by atoms with Crippen LogP contribution in [0.3, 0.4) is 0 Å². The molecule has 0 spiro atoms. The van der Waals surface area contributed by atoms with Gasteiger partial charge in [0.15, 0.2) is 5.58 Å². The molecule has 2 aromatic carbocycles. The molecule has 5 nitrogen and oxygen atoms in total. The molecule has 124 valence electrons. The van der Waals surface area contributed by atoms with E-state index in [0.717, 1.165) is 27.8 Å². The summed E-state index contributed by atoms with van der Waals surface area (Å²) in [5.41, 5.74) is 11.4. The summed E-state index contributed by atoms with van der Waals surface area (Å²) >= 11 is 0. The summed E-state index contributed by atoms with van der Waals surface area (Å²) in [4.78, 5) is 8.87. The van der Waals surface area contributed by atoms with Gasteiger partial charge in [0, 0.05) is 18.9 Å². The molecule has 5 heteroatoms. The number of benzene rings is 2. The van der Waals surface area contributed by atoms with Gasteiger partial charge in [0.25, 0.3) is 0 Å². The van der Waals surface area contributed by atoms with Crippen molar-refractivity contribution in [3.05, 3.63) is 66.4 Å². The number of methoxy groups -OCH3 is 1. The predicted molar refractivity (Wildman–Crippen MR) is 97.8 cm³/mol. The fraction of sp³-hybridized carbons (Fsp3) is 0.100. The van der Waals surface area contributed by atoms with Gasteiger partial charge in [0.1, 0.15) is 11.3 Å². The molecule has 2 heterocycles. The summed E-state index contributed by atoms with van der Waals surface area (Å²) in [5.74, 6) is 0.858. The molecule has 25 heavy (non-hydrogen) atoms. The second-order valence-corrected chi connectivity index (χ2v) is 5.73. The Hall–Kier alpha value is -3.18. The largest absolute Gasteiger partial charge is 0.436 e. The molecule has 0 amide bonds. The zero-order valence-corrected chi connectivity index (χ0v) is 13.8. The zero-order valence-electron chi connectivity index (χ0n) is 13.8. The average molecular weight is 331 g/mol. The third-order valence-corrected chi connectivity index (χ3v) is 4.07. The fourth-order valence-corrected chi connectivity index (χ4v) is 2.86. The van der Waals surface area contributed by atoms with Crippen LogP contribution in [-0.2, 0) is 11.3 Å². The van der Waals surface area contributed by atoms with E-state index in [9.17, 15) is 0 Å². The van der Waals surface area contributed by atoms with Gasteiger partial charge < -0.3 is 14.9 Å². The number of ether oxygens (including phenoxy) is 1. The molecule has 0 unspecified atom stereocenters. The Morgan fingerprint density at radius 3 is 2.68 bits per heavy atom. The first-order chi connectivity index (χ1) is 12.3. The molecule has 4 rings (SSSR count). The molecule has 0 atom stereocenters. The van der Waals surface area contributed by atoms with E-state index in [2.05, 4.69) is 9.97 Å². The van der Waals surface area contributed by atoms with Crippen LogP contribution in [0.2, 0.25) is 0 Å². The number of para-hydroxylation sites is 2. The van der Waals surface area contributed by atoms with Crippen molar-refractivity contribution in [2.45, 2.75) is 6.61 Å². The Morgan fingerprint density at radius 2 is 1.84 bits per heavy atom. The lowest BCUT2D eigenvalue weighted by atomic mass is 10.00. The molecule has 0 bridgehead atoms. The monoisotopic (exact) mass is 331 g/mol. The van der Waals surface area contributed by atoms with Crippen molar-refractivity contribution in [3.8, 4) is 22.6 Å². The number of aromatic nitrogens is 2. The Labute approximate surface area is 145 Å². The van der Waals surface area contributed by atoms with E-state index < -0.39 is 0 Å². The number of oxazole rings is 1. The number of nitrogen functional groups attached to an aromatic ring is 1. The average Bonchev–Trinajstić information content (AvgIpc) is 3.07. The predicted octanol–water partition coefficient (Wildman–Crippen LogP) is 4.29. The number of anilines is 1. The number of nitrogens with two attached hydrogens (primary N) is 1. The third kappa shape index (κ3) is 2.86. The van der Waals surface area contributed by atoms with Crippen LogP contribution in [0.1, 0.15) is 5.56 Å². The van der Waals surface area contributed by atoms with E-state index >= 15 is 0 Å². The highest BCUT2D eigenvalue weighted by Crippen LogP contribution is 2.32. The van der Waals surface area contributed by atoms with Gasteiger partial charge in [-0.15, -0.1) is 0 Å². The number of rotatable bonds is 4. The van der Waals surface area contributed by atoms with Gasteiger partial charge in [0.05, 0.1) is 12.2 Å². The van der Waals surface area contributed by atoms with E-state index in [1.807, 2.05) is 54.6 Å². The van der Waals surface area contributed by atoms with E-state index in [1.165, 1.54) is 0 Å². The molecule has 0 aliphatic heterocycles. The van der Waals surface area contributed by atoms with Crippen molar-refractivity contribution in [3.63, 3.8) is 0 Å². The van der Waals surface area contributed by atoms with Crippen molar-refractivity contribution in [2.75, 3.05) is 12.8 Å². The highest BCUT2D eigenvalue weighted by Gasteiger charge is 2.14. The van der Waals surface area contributed by atoms with E-state index in [-0.39, 0.29) is 0 Å². The topological polar surface area (TPSA) is 74.2 Å². The van der Waals surface area contributed by atoms with E-state index in [4.69, 9.17) is 14.9 Å². The SMILES string of the molecule is COCc1ccccc1-c1cnc(N)c(-c2nc3ccccc3o2)c1. The summed E-state index contributed by atoms with van der Waals surface area (Å²) in [6.07, 6.45) is 1.76. The first kappa shape index (κ1) is 15.4. The molecular formula is C20H17N3O2.